The molecule has 4 heteroatoms. The van der Waals surface area contributed by atoms with E-state index in [0.29, 0.717) is 5.69 Å². The highest BCUT2D eigenvalue weighted by atomic mass is 19.1. The van der Waals surface area contributed by atoms with Gasteiger partial charge in [-0.2, -0.15) is 0 Å². The van der Waals surface area contributed by atoms with E-state index < -0.39 is 0 Å². The van der Waals surface area contributed by atoms with Gasteiger partial charge in [0.15, 0.2) is 0 Å². The predicted molar refractivity (Wildman–Crippen MR) is 141 cm³/mol. The molecule has 0 saturated carbocycles. The van der Waals surface area contributed by atoms with Crippen LogP contribution in [0.1, 0.15) is 0 Å². The maximum absolute atomic E-state index is 14.3. The normalized spacial score (nSPS) is 11.5. The van der Waals surface area contributed by atoms with E-state index in [1.165, 1.54) is 6.07 Å². The number of para-hydroxylation sites is 4. The van der Waals surface area contributed by atoms with Crippen LogP contribution >= 0.6 is 0 Å². The van der Waals surface area contributed by atoms with Gasteiger partial charge < -0.3 is 9.13 Å². The van der Waals surface area contributed by atoms with Crippen LogP contribution in [0.5, 0.6) is 0 Å². The molecule has 0 atom stereocenters. The third-order valence-electron chi connectivity index (χ3n) is 6.79. The SMILES string of the molecule is [C-]#[N+]c1ccccc1-n1c2ccccc2c2cc(-n3c4ccccc4c4ccc(F)cc43)ccc21. The standard InChI is InChI=1S/C31H18FN3/c1-33-26-10-4-7-13-30(26)35-28-12-6-3-9-23(28)25-19-21(15-17-29(25)35)34-27-11-5-2-8-22(27)24-16-14-20(32)18-31(24)34/h2-19H. The van der Waals surface area contributed by atoms with Gasteiger partial charge in [0.05, 0.1) is 34.3 Å². The first-order valence-corrected chi connectivity index (χ1v) is 11.4. The maximum Gasteiger partial charge on any atom is 0.210 e. The molecule has 0 bridgehead atoms. The summed E-state index contributed by atoms with van der Waals surface area (Å²) in [6.07, 6.45) is 0. The zero-order valence-corrected chi connectivity index (χ0v) is 18.6. The minimum Gasteiger partial charge on any atom is -0.319 e. The van der Waals surface area contributed by atoms with Crippen molar-refractivity contribution in [1.82, 2.24) is 9.13 Å². The fourth-order valence-electron chi connectivity index (χ4n) is 5.33. The van der Waals surface area contributed by atoms with Crippen LogP contribution in [0.3, 0.4) is 0 Å². The Morgan fingerprint density at radius 1 is 0.543 bits per heavy atom. The second-order valence-electron chi connectivity index (χ2n) is 8.67. The summed E-state index contributed by atoms with van der Waals surface area (Å²) in [4.78, 5) is 3.76. The van der Waals surface area contributed by atoms with E-state index in [1.54, 1.807) is 6.07 Å². The molecule has 0 aliphatic rings. The Labute approximate surface area is 200 Å². The minimum atomic E-state index is -0.255. The summed E-state index contributed by atoms with van der Waals surface area (Å²) in [7, 11) is 0. The molecule has 2 heterocycles. The predicted octanol–water partition coefficient (Wildman–Crippen LogP) is 8.57. The van der Waals surface area contributed by atoms with Crippen LogP contribution in [0.4, 0.5) is 10.1 Å². The molecule has 0 aliphatic heterocycles. The van der Waals surface area contributed by atoms with Gasteiger partial charge >= 0.3 is 0 Å². The Morgan fingerprint density at radius 3 is 1.97 bits per heavy atom. The van der Waals surface area contributed by atoms with Crippen molar-refractivity contribution in [2.75, 3.05) is 0 Å². The molecule has 164 valence electrons. The smallest absolute Gasteiger partial charge is 0.210 e. The lowest BCUT2D eigenvalue weighted by Crippen LogP contribution is -1.96. The summed E-state index contributed by atoms with van der Waals surface area (Å²) < 4.78 is 18.6. The van der Waals surface area contributed by atoms with Crippen molar-refractivity contribution in [2.45, 2.75) is 0 Å². The highest BCUT2D eigenvalue weighted by molar-refractivity contribution is 6.12. The number of nitrogens with zero attached hydrogens (tertiary/aromatic N) is 3. The highest BCUT2D eigenvalue weighted by Gasteiger charge is 2.17. The van der Waals surface area contributed by atoms with Crippen molar-refractivity contribution in [3.05, 3.63) is 126 Å². The van der Waals surface area contributed by atoms with Crippen LogP contribution in [0.15, 0.2) is 109 Å². The summed E-state index contributed by atoms with van der Waals surface area (Å²) in [6.45, 7) is 7.68. The van der Waals surface area contributed by atoms with E-state index in [0.717, 1.165) is 55.0 Å². The third kappa shape index (κ3) is 2.76. The van der Waals surface area contributed by atoms with E-state index in [9.17, 15) is 4.39 Å². The molecule has 0 saturated heterocycles. The lowest BCUT2D eigenvalue weighted by molar-refractivity contribution is 0.629. The molecule has 0 fully saturated rings. The van der Waals surface area contributed by atoms with Crippen LogP contribution < -0.4 is 0 Å². The van der Waals surface area contributed by atoms with Gasteiger partial charge in [-0.3, -0.25) is 0 Å². The summed E-state index contributed by atoms with van der Waals surface area (Å²) >= 11 is 0. The molecule has 2 aromatic heterocycles. The Balaban J connectivity index is 1.59. The fourth-order valence-corrected chi connectivity index (χ4v) is 5.33. The Bertz CT molecular complexity index is 1980. The summed E-state index contributed by atoms with van der Waals surface area (Å²) in [5.74, 6) is -0.255. The van der Waals surface area contributed by atoms with Crippen LogP contribution in [-0.4, -0.2) is 9.13 Å². The van der Waals surface area contributed by atoms with Crippen LogP contribution in [-0.2, 0) is 0 Å². The molecule has 0 spiro atoms. The van der Waals surface area contributed by atoms with Crippen molar-refractivity contribution < 1.29 is 4.39 Å². The van der Waals surface area contributed by atoms with E-state index in [-0.39, 0.29) is 5.82 Å². The largest absolute Gasteiger partial charge is 0.319 e. The first-order chi connectivity index (χ1) is 17.2. The first-order valence-electron chi connectivity index (χ1n) is 11.4. The van der Waals surface area contributed by atoms with Crippen molar-refractivity contribution in [3.63, 3.8) is 0 Å². The molecule has 0 amide bonds. The van der Waals surface area contributed by atoms with E-state index in [1.807, 2.05) is 54.6 Å². The lowest BCUT2D eigenvalue weighted by Gasteiger charge is -2.11. The zero-order chi connectivity index (χ0) is 23.5. The average Bonchev–Trinajstić information content (AvgIpc) is 3.40. The number of hydrogen-bond donors (Lipinski definition) is 0. The number of hydrogen-bond acceptors (Lipinski definition) is 0. The van der Waals surface area contributed by atoms with Crippen molar-refractivity contribution in [3.8, 4) is 11.4 Å². The number of aromatic nitrogens is 2. The number of rotatable bonds is 2. The lowest BCUT2D eigenvalue weighted by atomic mass is 10.1. The molecular weight excluding hydrogens is 433 g/mol. The topological polar surface area (TPSA) is 14.2 Å². The van der Waals surface area contributed by atoms with Gasteiger partial charge in [0.2, 0.25) is 5.69 Å². The minimum absolute atomic E-state index is 0.255. The Morgan fingerprint density at radius 2 is 1.17 bits per heavy atom. The van der Waals surface area contributed by atoms with E-state index in [2.05, 4.69) is 56.4 Å². The van der Waals surface area contributed by atoms with E-state index in [4.69, 9.17) is 6.57 Å². The van der Waals surface area contributed by atoms with Crippen LogP contribution in [0, 0.1) is 12.4 Å². The van der Waals surface area contributed by atoms with Gasteiger partial charge in [-0.25, -0.2) is 9.24 Å². The zero-order valence-electron chi connectivity index (χ0n) is 18.6. The highest BCUT2D eigenvalue weighted by Crippen LogP contribution is 2.38. The number of benzene rings is 5. The van der Waals surface area contributed by atoms with Crippen molar-refractivity contribution in [2.24, 2.45) is 0 Å². The van der Waals surface area contributed by atoms with E-state index >= 15 is 0 Å². The molecule has 7 rings (SSSR count). The Kier molecular flexibility index (Phi) is 4.09. The molecule has 0 radical (unpaired) electrons. The molecule has 7 aromatic rings. The molecular formula is C31H18FN3. The Hall–Kier alpha value is -4.88. The molecule has 5 aromatic carbocycles. The van der Waals surface area contributed by atoms with Crippen LogP contribution in [0.25, 0.3) is 59.8 Å². The van der Waals surface area contributed by atoms with Gasteiger partial charge in [0.1, 0.15) is 5.82 Å². The fraction of sp³-hybridized carbons (Fsp3) is 0. The summed E-state index contributed by atoms with van der Waals surface area (Å²) in [5, 5.41) is 4.31. The molecule has 0 unspecified atom stereocenters. The summed E-state index contributed by atoms with van der Waals surface area (Å²) in [5.41, 5.74) is 6.39. The molecule has 0 N–H and O–H groups in total. The molecule has 3 nitrogen and oxygen atoms in total. The first kappa shape index (κ1) is 19.6. The molecule has 0 aliphatic carbocycles. The van der Waals surface area contributed by atoms with Gasteiger partial charge in [-0.05, 0) is 54.6 Å². The van der Waals surface area contributed by atoms with Crippen molar-refractivity contribution >= 4 is 49.3 Å². The maximum atomic E-state index is 14.3. The third-order valence-corrected chi connectivity index (χ3v) is 6.79. The van der Waals surface area contributed by atoms with Gasteiger partial charge in [-0.1, -0.05) is 54.6 Å². The average molecular weight is 452 g/mol. The van der Waals surface area contributed by atoms with Gasteiger partial charge in [0.25, 0.3) is 0 Å². The monoisotopic (exact) mass is 451 g/mol. The second kappa shape index (κ2) is 7.31. The second-order valence-corrected chi connectivity index (χ2v) is 8.67. The molecule has 35 heavy (non-hydrogen) atoms. The quantitative estimate of drug-likeness (QED) is 0.234. The van der Waals surface area contributed by atoms with Crippen molar-refractivity contribution in [1.29, 1.82) is 0 Å². The van der Waals surface area contributed by atoms with Gasteiger partial charge in [-0.15, -0.1) is 0 Å². The van der Waals surface area contributed by atoms with Gasteiger partial charge in [0, 0.05) is 27.2 Å². The summed E-state index contributed by atoms with van der Waals surface area (Å²) in [6, 6.07) is 35.5. The number of halogens is 1. The number of fused-ring (bicyclic) bond motifs is 6. The van der Waals surface area contributed by atoms with Crippen LogP contribution in [0.2, 0.25) is 0 Å².